The van der Waals surface area contributed by atoms with Crippen molar-refractivity contribution in [3.05, 3.63) is 0 Å². The highest BCUT2D eigenvalue weighted by Crippen LogP contribution is 2.17. The summed E-state index contributed by atoms with van der Waals surface area (Å²) < 4.78 is 0. The molecule has 0 radical (unpaired) electrons. The summed E-state index contributed by atoms with van der Waals surface area (Å²) in [6, 6.07) is -0.431. The summed E-state index contributed by atoms with van der Waals surface area (Å²) in [6.45, 7) is 9.85. The molecule has 0 aromatic carbocycles. The molecule has 0 aliphatic carbocycles. The highest BCUT2D eigenvalue weighted by Gasteiger charge is 2.27. The summed E-state index contributed by atoms with van der Waals surface area (Å²) in [4.78, 5) is 14.2. The van der Waals surface area contributed by atoms with Crippen molar-refractivity contribution in [1.29, 1.82) is 0 Å². The lowest BCUT2D eigenvalue weighted by atomic mass is 9.87. The third-order valence-corrected chi connectivity index (χ3v) is 3.99. The van der Waals surface area contributed by atoms with Gasteiger partial charge in [-0.25, -0.2) is 0 Å². The Hall–Kier alpha value is -0.260. The first-order valence-corrected chi connectivity index (χ1v) is 7.40. The predicted molar refractivity (Wildman–Crippen MR) is 74.2 cm³/mol. The van der Waals surface area contributed by atoms with Gasteiger partial charge < -0.3 is 11.1 Å². The molecule has 0 aromatic heterocycles. The first-order valence-electron chi connectivity index (χ1n) is 6.24. The van der Waals surface area contributed by atoms with Crippen molar-refractivity contribution in [2.45, 2.75) is 26.8 Å². The summed E-state index contributed by atoms with van der Waals surface area (Å²) in [7, 11) is 0. The van der Waals surface area contributed by atoms with Crippen molar-refractivity contribution in [3.63, 3.8) is 0 Å². The fourth-order valence-electron chi connectivity index (χ4n) is 1.67. The molecule has 1 amide bonds. The minimum Gasteiger partial charge on any atom is -0.353 e. The summed E-state index contributed by atoms with van der Waals surface area (Å²) >= 11 is 2.00. The Kier molecular flexibility index (Phi) is 5.76. The molecule has 1 aliphatic heterocycles. The molecule has 17 heavy (non-hydrogen) atoms. The predicted octanol–water partition coefficient (Wildman–Crippen LogP) is 0.525. The van der Waals surface area contributed by atoms with Crippen LogP contribution in [0.2, 0.25) is 0 Å². The Morgan fingerprint density at radius 2 is 2.00 bits per heavy atom. The number of thioether (sulfide) groups is 1. The number of nitrogens with one attached hydrogen (secondary N) is 1. The Morgan fingerprint density at radius 1 is 1.41 bits per heavy atom. The largest absolute Gasteiger partial charge is 0.353 e. The van der Waals surface area contributed by atoms with Crippen LogP contribution in [0.1, 0.15) is 20.8 Å². The monoisotopic (exact) mass is 259 g/mol. The number of carbonyl (C=O) groups excluding carboxylic acids is 1. The van der Waals surface area contributed by atoms with E-state index in [1.165, 1.54) is 11.5 Å². The van der Waals surface area contributed by atoms with Crippen LogP contribution in [0.5, 0.6) is 0 Å². The molecule has 1 heterocycles. The van der Waals surface area contributed by atoms with E-state index < -0.39 is 6.04 Å². The summed E-state index contributed by atoms with van der Waals surface area (Å²) in [5.74, 6) is 2.37. The van der Waals surface area contributed by atoms with Crippen molar-refractivity contribution in [2.75, 3.05) is 37.7 Å². The minimum atomic E-state index is -0.431. The van der Waals surface area contributed by atoms with Crippen LogP contribution in [0.4, 0.5) is 0 Å². The lowest BCUT2D eigenvalue weighted by Crippen LogP contribution is -2.50. The van der Waals surface area contributed by atoms with E-state index in [1.54, 1.807) is 0 Å². The zero-order valence-electron chi connectivity index (χ0n) is 11.2. The van der Waals surface area contributed by atoms with Gasteiger partial charge in [0.25, 0.3) is 0 Å². The molecule has 1 unspecified atom stereocenters. The topological polar surface area (TPSA) is 58.4 Å². The molecular formula is C12H25N3OS. The van der Waals surface area contributed by atoms with E-state index >= 15 is 0 Å². The molecule has 0 saturated carbocycles. The lowest BCUT2D eigenvalue weighted by Gasteiger charge is -2.28. The van der Waals surface area contributed by atoms with Crippen LogP contribution >= 0.6 is 11.8 Å². The molecule has 1 aliphatic rings. The van der Waals surface area contributed by atoms with E-state index in [2.05, 4.69) is 10.2 Å². The number of hydrogen-bond acceptors (Lipinski definition) is 4. The Balaban J connectivity index is 2.19. The molecule has 0 bridgehead atoms. The van der Waals surface area contributed by atoms with E-state index in [-0.39, 0.29) is 11.3 Å². The van der Waals surface area contributed by atoms with Gasteiger partial charge in [-0.3, -0.25) is 9.69 Å². The standard InChI is InChI=1S/C12H25N3OS/c1-12(2,3)10(13)11(16)14-4-5-15-6-8-17-9-7-15/h10H,4-9,13H2,1-3H3,(H,14,16). The second kappa shape index (κ2) is 6.61. The van der Waals surface area contributed by atoms with Crippen molar-refractivity contribution >= 4 is 17.7 Å². The summed E-state index contributed by atoms with van der Waals surface area (Å²) in [5.41, 5.74) is 5.71. The van der Waals surface area contributed by atoms with Gasteiger partial charge in [-0.2, -0.15) is 11.8 Å². The van der Waals surface area contributed by atoms with Gasteiger partial charge in [-0.1, -0.05) is 20.8 Å². The molecule has 0 spiro atoms. The van der Waals surface area contributed by atoms with Crippen LogP contribution < -0.4 is 11.1 Å². The molecule has 4 nitrogen and oxygen atoms in total. The van der Waals surface area contributed by atoms with E-state index in [9.17, 15) is 4.79 Å². The van der Waals surface area contributed by atoms with E-state index in [0.29, 0.717) is 6.54 Å². The zero-order chi connectivity index (χ0) is 12.9. The van der Waals surface area contributed by atoms with Crippen molar-refractivity contribution in [3.8, 4) is 0 Å². The SMILES string of the molecule is CC(C)(C)C(N)C(=O)NCCN1CCSCC1. The maximum absolute atomic E-state index is 11.8. The lowest BCUT2D eigenvalue weighted by molar-refractivity contribution is -0.124. The second-order valence-electron chi connectivity index (χ2n) is 5.59. The van der Waals surface area contributed by atoms with Gasteiger partial charge in [0, 0.05) is 37.7 Å². The van der Waals surface area contributed by atoms with Crippen molar-refractivity contribution in [2.24, 2.45) is 11.1 Å². The number of nitrogens with zero attached hydrogens (tertiary/aromatic N) is 1. The van der Waals surface area contributed by atoms with Gasteiger partial charge in [0.15, 0.2) is 0 Å². The zero-order valence-corrected chi connectivity index (χ0v) is 12.0. The second-order valence-corrected chi connectivity index (χ2v) is 6.81. The number of nitrogens with two attached hydrogens (primary N) is 1. The van der Waals surface area contributed by atoms with Gasteiger partial charge in [0.1, 0.15) is 0 Å². The molecule has 5 heteroatoms. The fourth-order valence-corrected chi connectivity index (χ4v) is 2.64. The van der Waals surface area contributed by atoms with Crippen molar-refractivity contribution in [1.82, 2.24) is 10.2 Å². The van der Waals surface area contributed by atoms with Crippen LogP contribution in [0.3, 0.4) is 0 Å². The number of amides is 1. The van der Waals surface area contributed by atoms with Crippen LogP contribution in [0, 0.1) is 5.41 Å². The van der Waals surface area contributed by atoms with Crippen LogP contribution in [-0.4, -0.2) is 54.5 Å². The quantitative estimate of drug-likeness (QED) is 0.773. The van der Waals surface area contributed by atoms with Gasteiger partial charge >= 0.3 is 0 Å². The third kappa shape index (κ3) is 5.27. The smallest absolute Gasteiger partial charge is 0.237 e. The maximum Gasteiger partial charge on any atom is 0.237 e. The third-order valence-electron chi connectivity index (χ3n) is 3.05. The molecule has 0 aromatic rings. The number of rotatable bonds is 4. The average molecular weight is 259 g/mol. The molecule has 100 valence electrons. The van der Waals surface area contributed by atoms with Crippen molar-refractivity contribution < 1.29 is 4.79 Å². The molecular weight excluding hydrogens is 234 g/mol. The Bertz CT molecular complexity index is 247. The number of carbonyl (C=O) groups is 1. The highest BCUT2D eigenvalue weighted by atomic mass is 32.2. The fraction of sp³-hybridized carbons (Fsp3) is 0.917. The van der Waals surface area contributed by atoms with Crippen LogP contribution in [0.25, 0.3) is 0 Å². The van der Waals surface area contributed by atoms with E-state index in [4.69, 9.17) is 5.73 Å². The molecule has 1 rings (SSSR count). The highest BCUT2D eigenvalue weighted by molar-refractivity contribution is 7.99. The first-order chi connectivity index (χ1) is 7.91. The van der Waals surface area contributed by atoms with Gasteiger partial charge in [-0.05, 0) is 5.41 Å². The normalized spacial score (nSPS) is 20.0. The molecule has 1 saturated heterocycles. The number of hydrogen-bond donors (Lipinski definition) is 2. The maximum atomic E-state index is 11.8. The Morgan fingerprint density at radius 3 is 2.53 bits per heavy atom. The van der Waals surface area contributed by atoms with E-state index in [0.717, 1.165) is 19.6 Å². The Labute approximate surface area is 109 Å². The molecule has 1 atom stereocenters. The summed E-state index contributed by atoms with van der Waals surface area (Å²) in [6.07, 6.45) is 0. The van der Waals surface area contributed by atoms with Gasteiger partial charge in [-0.15, -0.1) is 0 Å². The van der Waals surface area contributed by atoms with Gasteiger partial charge in [0.2, 0.25) is 5.91 Å². The van der Waals surface area contributed by atoms with Crippen LogP contribution in [0.15, 0.2) is 0 Å². The molecule has 1 fully saturated rings. The van der Waals surface area contributed by atoms with Crippen LogP contribution in [-0.2, 0) is 4.79 Å². The summed E-state index contributed by atoms with van der Waals surface area (Å²) in [5, 5.41) is 2.92. The van der Waals surface area contributed by atoms with Gasteiger partial charge in [0.05, 0.1) is 6.04 Å². The first kappa shape index (κ1) is 14.8. The average Bonchev–Trinajstić information content (AvgIpc) is 2.28. The minimum absolute atomic E-state index is 0.0381. The molecule has 3 N–H and O–H groups in total. The van der Waals surface area contributed by atoms with E-state index in [1.807, 2.05) is 32.5 Å².